The highest BCUT2D eigenvalue weighted by Gasteiger charge is 2.21. The van der Waals surface area contributed by atoms with Gasteiger partial charge in [-0.15, -0.1) is 0 Å². The molecular formula is C11H12F3N. The number of nitrogens with zero attached hydrogens (tertiary/aromatic N) is 1. The molecule has 82 valence electrons. The molecule has 0 fully saturated rings. The number of rotatable bonds is 3. The number of hydrogen-bond donors (Lipinski definition) is 0. The number of para-hydroxylation sites is 1. The fraction of sp³-hybridized carbons (Fsp3) is 0.273. The number of hydrogen-bond acceptors (Lipinski definition) is 1. The standard InChI is InChI=1S/C11H12F3N/c1-15(9-5-8-11(12,13)14)10-6-3-2-4-7-10/h2-8H,9H2,1H3/b8-5+. The zero-order chi connectivity index (χ0) is 11.3. The Hall–Kier alpha value is -1.45. The summed E-state index contributed by atoms with van der Waals surface area (Å²) in [6.07, 6.45) is -2.86. The molecular weight excluding hydrogens is 203 g/mol. The fourth-order valence-corrected chi connectivity index (χ4v) is 1.13. The van der Waals surface area contributed by atoms with E-state index in [1.807, 2.05) is 30.3 Å². The van der Waals surface area contributed by atoms with Gasteiger partial charge < -0.3 is 4.90 Å². The second-order valence-electron chi connectivity index (χ2n) is 3.16. The van der Waals surface area contributed by atoms with Crippen LogP contribution in [0.25, 0.3) is 0 Å². The third kappa shape index (κ3) is 4.54. The minimum absolute atomic E-state index is 0.240. The molecule has 0 radical (unpaired) electrons. The molecule has 0 aliphatic heterocycles. The van der Waals surface area contributed by atoms with Crippen molar-refractivity contribution in [3.8, 4) is 0 Å². The Kier molecular flexibility index (Phi) is 3.77. The topological polar surface area (TPSA) is 3.24 Å². The van der Waals surface area contributed by atoms with Crippen LogP contribution < -0.4 is 4.90 Å². The lowest BCUT2D eigenvalue weighted by molar-refractivity contribution is -0.0799. The average Bonchev–Trinajstić information content (AvgIpc) is 2.17. The molecule has 1 rings (SSSR count). The van der Waals surface area contributed by atoms with Crippen LogP contribution in [0.2, 0.25) is 0 Å². The molecule has 15 heavy (non-hydrogen) atoms. The zero-order valence-corrected chi connectivity index (χ0v) is 8.33. The molecule has 0 atom stereocenters. The summed E-state index contributed by atoms with van der Waals surface area (Å²) in [6, 6.07) is 9.25. The highest BCUT2D eigenvalue weighted by molar-refractivity contribution is 5.45. The van der Waals surface area contributed by atoms with Crippen molar-refractivity contribution in [2.45, 2.75) is 6.18 Å². The van der Waals surface area contributed by atoms with Crippen LogP contribution in [-0.2, 0) is 0 Å². The van der Waals surface area contributed by atoms with E-state index in [4.69, 9.17) is 0 Å². The Morgan fingerprint density at radius 1 is 1.20 bits per heavy atom. The van der Waals surface area contributed by atoms with E-state index in [0.717, 1.165) is 11.8 Å². The van der Waals surface area contributed by atoms with E-state index in [-0.39, 0.29) is 12.6 Å². The lowest BCUT2D eigenvalue weighted by Crippen LogP contribution is -2.17. The van der Waals surface area contributed by atoms with E-state index in [2.05, 4.69) is 0 Å². The maximum absolute atomic E-state index is 11.8. The van der Waals surface area contributed by atoms with Gasteiger partial charge in [0.05, 0.1) is 0 Å². The van der Waals surface area contributed by atoms with Crippen LogP contribution in [0, 0.1) is 0 Å². The van der Waals surface area contributed by atoms with Gasteiger partial charge in [0, 0.05) is 25.4 Å². The molecule has 0 amide bonds. The summed E-state index contributed by atoms with van der Waals surface area (Å²) in [4.78, 5) is 1.74. The second kappa shape index (κ2) is 4.87. The first kappa shape index (κ1) is 11.6. The minimum Gasteiger partial charge on any atom is -0.371 e. The first-order chi connectivity index (χ1) is 6.99. The van der Waals surface area contributed by atoms with Crippen LogP contribution in [0.4, 0.5) is 18.9 Å². The minimum atomic E-state index is -4.22. The number of likely N-dealkylation sites (N-methyl/N-ethyl adjacent to an activating group) is 1. The van der Waals surface area contributed by atoms with Gasteiger partial charge in [-0.1, -0.05) is 24.3 Å². The van der Waals surface area contributed by atoms with Crippen molar-refractivity contribution in [1.82, 2.24) is 0 Å². The molecule has 1 aromatic rings. The maximum atomic E-state index is 11.8. The summed E-state index contributed by atoms with van der Waals surface area (Å²) in [6.45, 7) is 0.240. The van der Waals surface area contributed by atoms with E-state index < -0.39 is 6.18 Å². The summed E-state index contributed by atoms with van der Waals surface area (Å²) in [5.41, 5.74) is 0.893. The van der Waals surface area contributed by atoms with E-state index in [9.17, 15) is 13.2 Å². The molecule has 0 unspecified atom stereocenters. The van der Waals surface area contributed by atoms with Crippen LogP contribution in [0.3, 0.4) is 0 Å². The second-order valence-corrected chi connectivity index (χ2v) is 3.16. The number of allylic oxidation sites excluding steroid dienone is 1. The van der Waals surface area contributed by atoms with Gasteiger partial charge in [0.2, 0.25) is 0 Å². The third-order valence-electron chi connectivity index (χ3n) is 1.88. The predicted octanol–water partition coefficient (Wildman–Crippen LogP) is 3.24. The van der Waals surface area contributed by atoms with Crippen LogP contribution in [0.1, 0.15) is 0 Å². The van der Waals surface area contributed by atoms with Crippen molar-refractivity contribution >= 4 is 5.69 Å². The number of anilines is 1. The summed E-state index contributed by atoms with van der Waals surface area (Å²) in [5.74, 6) is 0. The van der Waals surface area contributed by atoms with Crippen LogP contribution in [0.15, 0.2) is 42.5 Å². The predicted molar refractivity (Wildman–Crippen MR) is 54.9 cm³/mol. The van der Waals surface area contributed by atoms with E-state index in [0.29, 0.717) is 0 Å². The van der Waals surface area contributed by atoms with Crippen LogP contribution >= 0.6 is 0 Å². The van der Waals surface area contributed by atoms with Gasteiger partial charge in [0.15, 0.2) is 0 Å². The quantitative estimate of drug-likeness (QED) is 0.699. The number of halogens is 3. The van der Waals surface area contributed by atoms with Gasteiger partial charge in [-0.25, -0.2) is 0 Å². The van der Waals surface area contributed by atoms with Crippen molar-refractivity contribution < 1.29 is 13.2 Å². The van der Waals surface area contributed by atoms with Gasteiger partial charge in [-0.05, 0) is 12.1 Å². The van der Waals surface area contributed by atoms with Gasteiger partial charge in [-0.3, -0.25) is 0 Å². The smallest absolute Gasteiger partial charge is 0.371 e. The van der Waals surface area contributed by atoms with Crippen molar-refractivity contribution in [3.05, 3.63) is 42.5 Å². The number of benzene rings is 1. The molecule has 0 N–H and O–H groups in total. The van der Waals surface area contributed by atoms with Crippen molar-refractivity contribution in [2.75, 3.05) is 18.5 Å². The Morgan fingerprint density at radius 2 is 1.80 bits per heavy atom. The lowest BCUT2D eigenvalue weighted by atomic mass is 10.3. The molecule has 0 heterocycles. The summed E-state index contributed by atoms with van der Waals surface area (Å²) < 4.78 is 35.4. The molecule has 0 aromatic heterocycles. The normalized spacial score (nSPS) is 12.0. The van der Waals surface area contributed by atoms with Crippen molar-refractivity contribution in [1.29, 1.82) is 0 Å². The van der Waals surface area contributed by atoms with Crippen molar-refractivity contribution in [3.63, 3.8) is 0 Å². The third-order valence-corrected chi connectivity index (χ3v) is 1.88. The monoisotopic (exact) mass is 215 g/mol. The molecule has 0 bridgehead atoms. The molecule has 0 saturated carbocycles. The molecule has 0 aliphatic carbocycles. The SMILES string of the molecule is CN(C/C=C/C(F)(F)F)c1ccccc1. The first-order valence-corrected chi connectivity index (χ1v) is 4.49. The zero-order valence-electron chi connectivity index (χ0n) is 8.33. The maximum Gasteiger partial charge on any atom is 0.409 e. The Labute approximate surface area is 86.8 Å². The highest BCUT2D eigenvalue weighted by atomic mass is 19.4. The van der Waals surface area contributed by atoms with Gasteiger partial charge in [0.25, 0.3) is 0 Å². The van der Waals surface area contributed by atoms with E-state index in [1.165, 1.54) is 0 Å². The molecule has 0 saturated heterocycles. The molecule has 4 heteroatoms. The Balaban J connectivity index is 2.51. The van der Waals surface area contributed by atoms with Gasteiger partial charge >= 0.3 is 6.18 Å². The van der Waals surface area contributed by atoms with Gasteiger partial charge in [-0.2, -0.15) is 13.2 Å². The van der Waals surface area contributed by atoms with Crippen LogP contribution in [-0.4, -0.2) is 19.8 Å². The lowest BCUT2D eigenvalue weighted by Gasteiger charge is -2.16. The van der Waals surface area contributed by atoms with Gasteiger partial charge in [0.1, 0.15) is 0 Å². The van der Waals surface area contributed by atoms with Crippen LogP contribution in [0.5, 0.6) is 0 Å². The first-order valence-electron chi connectivity index (χ1n) is 4.49. The summed E-state index contributed by atoms with van der Waals surface area (Å²) in [5, 5.41) is 0. The summed E-state index contributed by atoms with van der Waals surface area (Å²) >= 11 is 0. The molecule has 1 aromatic carbocycles. The summed E-state index contributed by atoms with van der Waals surface area (Å²) in [7, 11) is 1.75. The molecule has 0 aliphatic rings. The average molecular weight is 215 g/mol. The van der Waals surface area contributed by atoms with E-state index in [1.54, 1.807) is 11.9 Å². The fourth-order valence-electron chi connectivity index (χ4n) is 1.13. The highest BCUT2D eigenvalue weighted by Crippen LogP contribution is 2.16. The van der Waals surface area contributed by atoms with E-state index >= 15 is 0 Å². The Bertz CT molecular complexity index is 316. The largest absolute Gasteiger partial charge is 0.409 e. The molecule has 0 spiro atoms. The van der Waals surface area contributed by atoms with Crippen molar-refractivity contribution in [2.24, 2.45) is 0 Å². The number of alkyl halides is 3. The Morgan fingerprint density at radius 3 is 2.33 bits per heavy atom. The molecule has 1 nitrogen and oxygen atoms in total.